The Balaban J connectivity index is 0.00000392. The number of rotatable bonds is 8. The Kier molecular flexibility index (Phi) is 11.1. The largest absolute Gasteiger partial charge is 0.352 e. The van der Waals surface area contributed by atoms with Crippen molar-refractivity contribution in [3.63, 3.8) is 0 Å². The second-order valence-electron chi connectivity index (χ2n) is 6.42. The Bertz CT molecular complexity index is 760. The molecule has 2 N–H and O–H groups in total. The highest BCUT2D eigenvalue weighted by Crippen LogP contribution is 2.10. The van der Waals surface area contributed by atoms with Crippen molar-refractivity contribution in [1.29, 1.82) is 0 Å². The summed E-state index contributed by atoms with van der Waals surface area (Å²) < 4.78 is 0. The minimum absolute atomic E-state index is 0. The van der Waals surface area contributed by atoms with Crippen LogP contribution < -0.4 is 10.6 Å². The number of amides is 1. The third-order valence-electron chi connectivity index (χ3n) is 4.12. The highest BCUT2D eigenvalue weighted by Gasteiger charge is 2.09. The fraction of sp³-hybridized carbons (Fsp3) is 0.450. The lowest BCUT2D eigenvalue weighted by Gasteiger charge is -2.21. The molecule has 0 aliphatic rings. The molecule has 1 heterocycles. The van der Waals surface area contributed by atoms with E-state index in [-0.39, 0.29) is 29.9 Å². The van der Waals surface area contributed by atoms with Gasteiger partial charge in [0, 0.05) is 38.1 Å². The van der Waals surface area contributed by atoms with Crippen LogP contribution in [0.15, 0.2) is 34.6 Å². The highest BCUT2D eigenvalue weighted by atomic mass is 127. The van der Waals surface area contributed by atoms with Gasteiger partial charge in [-0.25, -0.2) is 4.98 Å². The number of halogens is 1. The molecule has 28 heavy (non-hydrogen) atoms. The van der Waals surface area contributed by atoms with Crippen LogP contribution >= 0.6 is 35.3 Å². The molecule has 0 saturated heterocycles. The van der Waals surface area contributed by atoms with Gasteiger partial charge in [-0.1, -0.05) is 25.5 Å². The lowest BCUT2D eigenvalue weighted by molar-refractivity contribution is 0.0953. The summed E-state index contributed by atoms with van der Waals surface area (Å²) in [6, 6.07) is 7.67. The number of nitrogens with one attached hydrogen (secondary N) is 2. The molecule has 1 aromatic carbocycles. The Morgan fingerprint density at radius 3 is 2.54 bits per heavy atom. The van der Waals surface area contributed by atoms with Crippen molar-refractivity contribution < 1.29 is 4.79 Å². The predicted octanol–water partition coefficient (Wildman–Crippen LogP) is 3.81. The molecule has 0 atom stereocenters. The van der Waals surface area contributed by atoms with Crippen LogP contribution in [0.3, 0.4) is 0 Å². The summed E-state index contributed by atoms with van der Waals surface area (Å²) in [7, 11) is 3.77. The van der Waals surface area contributed by atoms with Gasteiger partial charge in [0.25, 0.3) is 5.91 Å². The topological polar surface area (TPSA) is 69.6 Å². The summed E-state index contributed by atoms with van der Waals surface area (Å²) in [5.74, 6) is 0.791. The number of thiazole rings is 1. The molecule has 154 valence electrons. The van der Waals surface area contributed by atoms with E-state index in [1.165, 1.54) is 0 Å². The molecule has 0 bridgehead atoms. The number of nitrogens with zero attached hydrogens (tertiary/aromatic N) is 3. The average Bonchev–Trinajstić information content (AvgIpc) is 3.07. The lowest BCUT2D eigenvalue weighted by Crippen LogP contribution is -2.38. The highest BCUT2D eigenvalue weighted by molar-refractivity contribution is 14.0. The van der Waals surface area contributed by atoms with E-state index < -0.39 is 0 Å². The zero-order valence-corrected chi connectivity index (χ0v) is 20.1. The van der Waals surface area contributed by atoms with Crippen LogP contribution in [0, 0.1) is 6.92 Å². The second-order valence-corrected chi connectivity index (χ2v) is 7.48. The minimum Gasteiger partial charge on any atom is -0.352 e. The van der Waals surface area contributed by atoms with Crippen LogP contribution in [0.5, 0.6) is 0 Å². The van der Waals surface area contributed by atoms with E-state index in [2.05, 4.69) is 32.9 Å². The number of hydrogen-bond acceptors (Lipinski definition) is 4. The summed E-state index contributed by atoms with van der Waals surface area (Å²) in [6.07, 6.45) is 2.07. The molecule has 0 aliphatic carbocycles. The first kappa shape index (κ1) is 24.4. The van der Waals surface area contributed by atoms with Crippen LogP contribution in [0.2, 0.25) is 0 Å². The minimum atomic E-state index is -0.0166. The number of benzene rings is 1. The number of carbonyl (C=O) groups is 1. The van der Waals surface area contributed by atoms with Crippen molar-refractivity contribution in [3.05, 3.63) is 51.5 Å². The molecular formula is C20H30IN5OS. The Hall–Kier alpha value is -1.68. The van der Waals surface area contributed by atoms with Crippen molar-refractivity contribution >= 4 is 47.2 Å². The maximum Gasteiger partial charge on any atom is 0.251 e. The maximum atomic E-state index is 12.1. The molecule has 8 heteroatoms. The van der Waals surface area contributed by atoms with Crippen molar-refractivity contribution in [2.45, 2.75) is 39.8 Å². The van der Waals surface area contributed by atoms with Gasteiger partial charge in [-0.3, -0.25) is 9.79 Å². The van der Waals surface area contributed by atoms with Crippen molar-refractivity contribution in [2.24, 2.45) is 4.99 Å². The molecule has 0 aliphatic heterocycles. The number of aryl methyl sites for hydroxylation is 1. The van der Waals surface area contributed by atoms with Crippen LogP contribution in [-0.2, 0) is 13.1 Å². The SMILES string of the molecule is CCCCNC(=O)c1ccc(CNC(=NC)N(C)Cc2csc(C)n2)cc1.I. The van der Waals surface area contributed by atoms with Crippen LogP contribution in [-0.4, -0.2) is 42.4 Å². The fourth-order valence-electron chi connectivity index (χ4n) is 2.62. The van der Waals surface area contributed by atoms with Crippen molar-refractivity contribution in [2.75, 3.05) is 20.6 Å². The van der Waals surface area contributed by atoms with E-state index >= 15 is 0 Å². The number of aromatic nitrogens is 1. The van der Waals surface area contributed by atoms with Gasteiger partial charge in [-0.05, 0) is 31.0 Å². The quantitative estimate of drug-likeness (QED) is 0.243. The first-order valence-electron chi connectivity index (χ1n) is 9.23. The van der Waals surface area contributed by atoms with Crippen LogP contribution in [0.25, 0.3) is 0 Å². The molecule has 0 fully saturated rings. The van der Waals surface area contributed by atoms with E-state index in [1.54, 1.807) is 18.4 Å². The summed E-state index contributed by atoms with van der Waals surface area (Å²) in [6.45, 7) is 6.19. The molecule has 1 amide bonds. The molecule has 2 rings (SSSR count). The number of aliphatic imine (C=N–C) groups is 1. The number of hydrogen-bond donors (Lipinski definition) is 2. The number of unbranched alkanes of at least 4 members (excludes halogenated alkanes) is 1. The Morgan fingerprint density at radius 1 is 1.25 bits per heavy atom. The van der Waals surface area contributed by atoms with Gasteiger partial charge < -0.3 is 15.5 Å². The van der Waals surface area contributed by atoms with Gasteiger partial charge >= 0.3 is 0 Å². The third kappa shape index (κ3) is 7.75. The van der Waals surface area contributed by atoms with Gasteiger partial charge in [0.2, 0.25) is 0 Å². The number of carbonyl (C=O) groups excluding carboxylic acids is 1. The monoisotopic (exact) mass is 515 g/mol. The smallest absolute Gasteiger partial charge is 0.251 e. The molecular weight excluding hydrogens is 485 g/mol. The van der Waals surface area contributed by atoms with Crippen LogP contribution in [0.1, 0.15) is 46.4 Å². The average molecular weight is 515 g/mol. The Labute approximate surface area is 188 Å². The fourth-order valence-corrected chi connectivity index (χ4v) is 3.22. The summed E-state index contributed by atoms with van der Waals surface area (Å²) in [5.41, 5.74) is 2.83. The third-order valence-corrected chi connectivity index (χ3v) is 4.94. The zero-order chi connectivity index (χ0) is 19.6. The Morgan fingerprint density at radius 2 is 1.96 bits per heavy atom. The molecule has 0 saturated carbocycles. The van der Waals surface area contributed by atoms with Gasteiger partial charge in [0.05, 0.1) is 17.2 Å². The summed E-state index contributed by atoms with van der Waals surface area (Å²) >= 11 is 1.65. The predicted molar refractivity (Wildman–Crippen MR) is 128 cm³/mol. The second kappa shape index (κ2) is 12.7. The van der Waals surface area contributed by atoms with Crippen molar-refractivity contribution in [1.82, 2.24) is 20.5 Å². The first-order chi connectivity index (χ1) is 13.0. The lowest BCUT2D eigenvalue weighted by atomic mass is 10.1. The molecule has 0 unspecified atom stereocenters. The van der Waals surface area contributed by atoms with E-state index in [0.29, 0.717) is 18.7 Å². The van der Waals surface area contributed by atoms with E-state index in [0.717, 1.165) is 41.6 Å². The van der Waals surface area contributed by atoms with Crippen LogP contribution in [0.4, 0.5) is 0 Å². The van der Waals surface area contributed by atoms with E-state index in [9.17, 15) is 4.79 Å². The summed E-state index contributed by atoms with van der Waals surface area (Å²) in [4.78, 5) is 22.9. The van der Waals surface area contributed by atoms with Gasteiger partial charge in [-0.2, -0.15) is 0 Å². The molecule has 2 aromatic rings. The standard InChI is InChI=1S/C20H29N5OS.HI/c1-5-6-11-22-19(26)17-9-7-16(8-10-17)12-23-20(21-3)25(4)13-18-14-27-15(2)24-18;/h7-10,14H,5-6,11-13H2,1-4H3,(H,21,23)(H,22,26);1H. The molecule has 0 spiro atoms. The first-order valence-corrected chi connectivity index (χ1v) is 10.1. The molecule has 6 nitrogen and oxygen atoms in total. The summed E-state index contributed by atoms with van der Waals surface area (Å²) in [5, 5.41) is 9.43. The number of guanidine groups is 1. The molecule has 1 aromatic heterocycles. The molecule has 0 radical (unpaired) electrons. The normalized spacial score (nSPS) is 10.9. The van der Waals surface area contributed by atoms with Gasteiger partial charge in [0.1, 0.15) is 0 Å². The van der Waals surface area contributed by atoms with Crippen molar-refractivity contribution in [3.8, 4) is 0 Å². The maximum absolute atomic E-state index is 12.1. The van der Waals surface area contributed by atoms with E-state index in [4.69, 9.17) is 0 Å². The van der Waals surface area contributed by atoms with E-state index in [1.807, 2.05) is 43.1 Å². The van der Waals surface area contributed by atoms with Gasteiger partial charge in [0.15, 0.2) is 5.96 Å². The van der Waals surface area contributed by atoms with Gasteiger partial charge in [-0.15, -0.1) is 35.3 Å². The zero-order valence-electron chi connectivity index (χ0n) is 17.0.